The van der Waals surface area contributed by atoms with E-state index >= 15 is 0 Å². The van der Waals surface area contributed by atoms with E-state index in [0.717, 1.165) is 6.42 Å². The lowest BCUT2D eigenvalue weighted by Gasteiger charge is -2.33. The summed E-state index contributed by atoms with van der Waals surface area (Å²) in [6.07, 6.45) is 7.63. The third-order valence-corrected chi connectivity index (χ3v) is 5.08. The summed E-state index contributed by atoms with van der Waals surface area (Å²) in [6.45, 7) is 4.45. The monoisotopic (exact) mass is 250 g/mol. The van der Waals surface area contributed by atoms with Crippen LogP contribution in [0.3, 0.4) is 0 Å². The SMILES string of the molecule is CCC1(C(Cl)Cc2cccc(C)c2)CCCC1. The van der Waals surface area contributed by atoms with E-state index in [-0.39, 0.29) is 0 Å². The van der Waals surface area contributed by atoms with Gasteiger partial charge in [-0.2, -0.15) is 0 Å². The normalized spacial score (nSPS) is 20.4. The molecular weight excluding hydrogens is 228 g/mol. The smallest absolute Gasteiger partial charge is 0.0432 e. The molecule has 1 aromatic rings. The molecule has 0 bridgehead atoms. The average molecular weight is 251 g/mol. The molecule has 1 saturated carbocycles. The second-order valence-corrected chi connectivity index (χ2v) is 6.11. The van der Waals surface area contributed by atoms with Crippen molar-refractivity contribution in [1.82, 2.24) is 0 Å². The van der Waals surface area contributed by atoms with Gasteiger partial charge in [0.05, 0.1) is 0 Å². The molecule has 0 heterocycles. The fraction of sp³-hybridized carbons (Fsp3) is 0.625. The van der Waals surface area contributed by atoms with Gasteiger partial charge in [-0.3, -0.25) is 0 Å². The molecule has 0 N–H and O–H groups in total. The second kappa shape index (κ2) is 5.44. The van der Waals surface area contributed by atoms with Gasteiger partial charge in [-0.05, 0) is 43.6 Å². The maximum absolute atomic E-state index is 6.73. The predicted molar refractivity (Wildman–Crippen MR) is 75.7 cm³/mol. The maximum Gasteiger partial charge on any atom is 0.0432 e. The van der Waals surface area contributed by atoms with Crippen molar-refractivity contribution in [2.24, 2.45) is 5.41 Å². The molecule has 1 aromatic carbocycles. The van der Waals surface area contributed by atoms with Crippen molar-refractivity contribution >= 4 is 11.6 Å². The molecule has 1 atom stereocenters. The number of hydrogen-bond donors (Lipinski definition) is 0. The van der Waals surface area contributed by atoms with Crippen LogP contribution in [0, 0.1) is 12.3 Å². The summed E-state index contributed by atoms with van der Waals surface area (Å²) in [6, 6.07) is 8.77. The Morgan fingerprint density at radius 3 is 2.59 bits per heavy atom. The summed E-state index contributed by atoms with van der Waals surface area (Å²) in [5.74, 6) is 0. The van der Waals surface area contributed by atoms with Crippen LogP contribution in [-0.2, 0) is 6.42 Å². The molecule has 0 saturated heterocycles. The molecule has 94 valence electrons. The average Bonchev–Trinajstić information content (AvgIpc) is 2.78. The summed E-state index contributed by atoms with van der Waals surface area (Å²) < 4.78 is 0. The van der Waals surface area contributed by atoms with Gasteiger partial charge in [0.15, 0.2) is 0 Å². The fourth-order valence-corrected chi connectivity index (χ4v) is 3.78. The Kier molecular flexibility index (Phi) is 4.14. The highest BCUT2D eigenvalue weighted by Crippen LogP contribution is 2.46. The number of rotatable bonds is 4. The van der Waals surface area contributed by atoms with Crippen LogP contribution in [0.2, 0.25) is 0 Å². The molecule has 0 nitrogen and oxygen atoms in total. The van der Waals surface area contributed by atoms with Crippen molar-refractivity contribution in [1.29, 1.82) is 0 Å². The lowest BCUT2D eigenvalue weighted by Crippen LogP contribution is -2.29. The number of alkyl halides is 1. The van der Waals surface area contributed by atoms with E-state index < -0.39 is 0 Å². The van der Waals surface area contributed by atoms with Crippen LogP contribution in [0.5, 0.6) is 0 Å². The second-order valence-electron chi connectivity index (χ2n) is 5.58. The molecule has 0 aliphatic heterocycles. The topological polar surface area (TPSA) is 0 Å². The van der Waals surface area contributed by atoms with E-state index in [1.165, 1.54) is 43.2 Å². The molecule has 1 aliphatic rings. The van der Waals surface area contributed by atoms with Gasteiger partial charge in [-0.1, -0.05) is 49.6 Å². The van der Waals surface area contributed by atoms with E-state index in [4.69, 9.17) is 11.6 Å². The van der Waals surface area contributed by atoms with Crippen LogP contribution in [0.4, 0.5) is 0 Å². The highest BCUT2D eigenvalue weighted by Gasteiger charge is 2.38. The largest absolute Gasteiger partial charge is 0.122 e. The zero-order valence-electron chi connectivity index (χ0n) is 11.0. The number of halogens is 1. The van der Waals surface area contributed by atoms with E-state index in [2.05, 4.69) is 38.1 Å². The van der Waals surface area contributed by atoms with E-state index in [1.54, 1.807) is 0 Å². The van der Waals surface area contributed by atoms with E-state index in [0.29, 0.717) is 10.8 Å². The Morgan fingerprint density at radius 2 is 2.00 bits per heavy atom. The van der Waals surface area contributed by atoms with Crippen molar-refractivity contribution < 1.29 is 0 Å². The molecule has 1 unspecified atom stereocenters. The third kappa shape index (κ3) is 2.85. The van der Waals surface area contributed by atoms with Crippen molar-refractivity contribution in [3.05, 3.63) is 35.4 Å². The molecule has 0 amide bonds. The molecule has 1 heteroatoms. The summed E-state index contributed by atoms with van der Waals surface area (Å²) in [5, 5.41) is 0.303. The van der Waals surface area contributed by atoms with Crippen LogP contribution in [0.15, 0.2) is 24.3 Å². The van der Waals surface area contributed by atoms with E-state index in [9.17, 15) is 0 Å². The van der Waals surface area contributed by atoms with Crippen LogP contribution >= 0.6 is 11.6 Å². The van der Waals surface area contributed by atoms with Gasteiger partial charge in [-0.15, -0.1) is 11.6 Å². The highest BCUT2D eigenvalue weighted by molar-refractivity contribution is 6.21. The zero-order chi connectivity index (χ0) is 12.3. The number of aryl methyl sites for hydroxylation is 1. The molecule has 17 heavy (non-hydrogen) atoms. The fourth-order valence-electron chi connectivity index (χ4n) is 3.23. The first-order chi connectivity index (χ1) is 8.16. The highest BCUT2D eigenvalue weighted by atomic mass is 35.5. The van der Waals surface area contributed by atoms with Gasteiger partial charge in [0.1, 0.15) is 0 Å². The van der Waals surface area contributed by atoms with E-state index in [1.807, 2.05) is 0 Å². The van der Waals surface area contributed by atoms with Gasteiger partial charge in [-0.25, -0.2) is 0 Å². The van der Waals surface area contributed by atoms with Gasteiger partial charge in [0, 0.05) is 5.38 Å². The molecule has 1 aliphatic carbocycles. The molecule has 2 rings (SSSR count). The lowest BCUT2D eigenvalue weighted by molar-refractivity contribution is 0.267. The molecule has 1 fully saturated rings. The summed E-state index contributed by atoms with van der Waals surface area (Å²) in [5.41, 5.74) is 3.14. The predicted octanol–water partition coefficient (Wildman–Crippen LogP) is 5.12. The van der Waals surface area contributed by atoms with Crippen molar-refractivity contribution in [2.45, 2.75) is 57.7 Å². The Labute approximate surface area is 110 Å². The van der Waals surface area contributed by atoms with Gasteiger partial charge < -0.3 is 0 Å². The minimum Gasteiger partial charge on any atom is -0.122 e. The van der Waals surface area contributed by atoms with Crippen LogP contribution in [0.1, 0.15) is 50.2 Å². The Balaban J connectivity index is 2.07. The Morgan fingerprint density at radius 1 is 1.29 bits per heavy atom. The van der Waals surface area contributed by atoms with Gasteiger partial charge in [0.2, 0.25) is 0 Å². The molecular formula is C16H23Cl. The quantitative estimate of drug-likeness (QED) is 0.651. The van der Waals surface area contributed by atoms with Gasteiger partial charge in [0.25, 0.3) is 0 Å². The summed E-state index contributed by atoms with van der Waals surface area (Å²) in [7, 11) is 0. The summed E-state index contributed by atoms with van der Waals surface area (Å²) >= 11 is 6.73. The zero-order valence-corrected chi connectivity index (χ0v) is 11.8. The Bertz CT molecular complexity index is 364. The first-order valence-corrected chi connectivity index (χ1v) is 7.29. The van der Waals surface area contributed by atoms with Crippen molar-refractivity contribution in [2.75, 3.05) is 0 Å². The minimum atomic E-state index is 0.303. The third-order valence-electron chi connectivity index (χ3n) is 4.47. The summed E-state index contributed by atoms with van der Waals surface area (Å²) in [4.78, 5) is 0. The van der Waals surface area contributed by atoms with Gasteiger partial charge >= 0.3 is 0 Å². The first kappa shape index (κ1) is 13.0. The number of benzene rings is 1. The minimum absolute atomic E-state index is 0.303. The van der Waals surface area contributed by atoms with Crippen molar-refractivity contribution in [3.8, 4) is 0 Å². The first-order valence-electron chi connectivity index (χ1n) is 6.86. The molecule has 0 aromatic heterocycles. The molecule has 0 radical (unpaired) electrons. The maximum atomic E-state index is 6.73. The van der Waals surface area contributed by atoms with Crippen LogP contribution in [0.25, 0.3) is 0 Å². The standard InChI is InChI=1S/C16H23Cl/c1-3-16(9-4-5-10-16)15(17)12-14-8-6-7-13(2)11-14/h6-8,11,15H,3-5,9-10,12H2,1-2H3. The van der Waals surface area contributed by atoms with Crippen LogP contribution < -0.4 is 0 Å². The number of hydrogen-bond acceptors (Lipinski definition) is 0. The molecule has 0 spiro atoms. The van der Waals surface area contributed by atoms with Crippen molar-refractivity contribution in [3.63, 3.8) is 0 Å². The lowest BCUT2D eigenvalue weighted by atomic mass is 9.77. The van der Waals surface area contributed by atoms with Crippen LogP contribution in [-0.4, -0.2) is 5.38 Å². The Hall–Kier alpha value is -0.490.